The van der Waals surface area contributed by atoms with E-state index in [9.17, 15) is 22.8 Å². The molecule has 0 aromatic heterocycles. The van der Waals surface area contributed by atoms with Gasteiger partial charge in [0, 0.05) is 17.0 Å². The number of halogens is 3. The molecule has 1 aliphatic rings. The second kappa shape index (κ2) is 6.91. The number of amides is 2. The number of thioether (sulfide) groups is 1. The Hall–Kier alpha value is -2.68. The van der Waals surface area contributed by atoms with Crippen molar-refractivity contribution < 1.29 is 27.5 Å². The highest BCUT2D eigenvalue weighted by Crippen LogP contribution is 2.36. The molecule has 1 unspecified atom stereocenters. The van der Waals surface area contributed by atoms with E-state index in [1.165, 1.54) is 23.9 Å². The maximum atomic E-state index is 12.6. The number of carbonyl (C=O) groups is 2. The number of hydrogen-bond acceptors (Lipinski definition) is 5. The number of hydrogen-bond donors (Lipinski definition) is 1. The van der Waals surface area contributed by atoms with Gasteiger partial charge in [0.1, 0.15) is 5.75 Å². The summed E-state index contributed by atoms with van der Waals surface area (Å²) in [5.74, 6) is -1.29. The van der Waals surface area contributed by atoms with Crippen LogP contribution in [0.2, 0.25) is 0 Å². The SMILES string of the molecule is Nc1ccccc1SC1CC(=O)N(c2ccc(OC(F)(F)F)cc2)C1=O. The van der Waals surface area contributed by atoms with Crippen molar-refractivity contribution in [1.82, 2.24) is 0 Å². The van der Waals surface area contributed by atoms with Crippen molar-refractivity contribution in [2.24, 2.45) is 0 Å². The van der Waals surface area contributed by atoms with Gasteiger partial charge in [0.25, 0.3) is 0 Å². The van der Waals surface area contributed by atoms with Crippen molar-refractivity contribution in [3.05, 3.63) is 48.5 Å². The first-order valence-electron chi connectivity index (χ1n) is 7.48. The van der Waals surface area contributed by atoms with Gasteiger partial charge in [-0.25, -0.2) is 4.90 Å². The van der Waals surface area contributed by atoms with E-state index in [-0.39, 0.29) is 12.1 Å². The number of nitrogens with two attached hydrogens (primary N) is 1. The molecule has 0 radical (unpaired) electrons. The molecule has 0 spiro atoms. The smallest absolute Gasteiger partial charge is 0.406 e. The molecule has 136 valence electrons. The van der Waals surface area contributed by atoms with E-state index in [1.807, 2.05) is 0 Å². The molecule has 5 nitrogen and oxygen atoms in total. The Morgan fingerprint density at radius 1 is 1.08 bits per heavy atom. The first-order chi connectivity index (χ1) is 12.2. The molecule has 2 aromatic rings. The minimum absolute atomic E-state index is 0.0152. The van der Waals surface area contributed by atoms with Crippen LogP contribution in [-0.2, 0) is 9.59 Å². The molecule has 2 aromatic carbocycles. The molecule has 3 rings (SSSR count). The molecule has 0 saturated carbocycles. The van der Waals surface area contributed by atoms with Gasteiger partial charge in [-0.1, -0.05) is 12.1 Å². The van der Waals surface area contributed by atoms with Crippen LogP contribution < -0.4 is 15.4 Å². The molecule has 9 heteroatoms. The molecule has 26 heavy (non-hydrogen) atoms. The summed E-state index contributed by atoms with van der Waals surface area (Å²) in [6.45, 7) is 0. The van der Waals surface area contributed by atoms with E-state index >= 15 is 0 Å². The number of alkyl halides is 3. The van der Waals surface area contributed by atoms with Crippen LogP contribution in [0, 0.1) is 0 Å². The normalized spacial score (nSPS) is 17.7. The van der Waals surface area contributed by atoms with Gasteiger partial charge in [-0.05, 0) is 36.4 Å². The lowest BCUT2D eigenvalue weighted by molar-refractivity contribution is -0.274. The quantitative estimate of drug-likeness (QED) is 0.646. The molecule has 2 amide bonds. The minimum Gasteiger partial charge on any atom is -0.406 e. The van der Waals surface area contributed by atoms with Crippen LogP contribution in [0.3, 0.4) is 0 Å². The van der Waals surface area contributed by atoms with Crippen molar-refractivity contribution in [3.63, 3.8) is 0 Å². The van der Waals surface area contributed by atoms with Crippen LogP contribution in [0.4, 0.5) is 24.5 Å². The molecule has 1 heterocycles. The van der Waals surface area contributed by atoms with Gasteiger partial charge in [0.2, 0.25) is 11.8 Å². The molecule has 1 aliphatic heterocycles. The molecular formula is C17H13F3N2O3S. The lowest BCUT2D eigenvalue weighted by Crippen LogP contribution is -2.31. The molecule has 0 bridgehead atoms. The van der Waals surface area contributed by atoms with Crippen molar-refractivity contribution in [3.8, 4) is 5.75 Å². The fourth-order valence-electron chi connectivity index (χ4n) is 2.51. The van der Waals surface area contributed by atoms with Crippen molar-refractivity contribution in [2.45, 2.75) is 22.9 Å². The van der Waals surface area contributed by atoms with Gasteiger partial charge in [-0.15, -0.1) is 24.9 Å². The van der Waals surface area contributed by atoms with Crippen molar-refractivity contribution in [1.29, 1.82) is 0 Å². The Morgan fingerprint density at radius 2 is 1.73 bits per heavy atom. The van der Waals surface area contributed by atoms with Gasteiger partial charge in [0.05, 0.1) is 10.9 Å². The summed E-state index contributed by atoms with van der Waals surface area (Å²) in [6, 6.07) is 11.6. The van der Waals surface area contributed by atoms with Gasteiger partial charge >= 0.3 is 6.36 Å². The van der Waals surface area contributed by atoms with Crippen molar-refractivity contribution in [2.75, 3.05) is 10.6 Å². The minimum atomic E-state index is -4.81. The Morgan fingerprint density at radius 3 is 2.35 bits per heavy atom. The number of para-hydroxylation sites is 1. The third kappa shape index (κ3) is 3.93. The monoisotopic (exact) mass is 382 g/mol. The van der Waals surface area contributed by atoms with Crippen LogP contribution in [-0.4, -0.2) is 23.4 Å². The number of carbonyl (C=O) groups excluding carboxylic acids is 2. The number of nitrogens with zero attached hydrogens (tertiary/aromatic N) is 1. The second-order valence-corrected chi connectivity index (χ2v) is 6.70. The highest BCUT2D eigenvalue weighted by atomic mass is 32.2. The van der Waals surface area contributed by atoms with Crippen molar-refractivity contribution >= 4 is 35.0 Å². The second-order valence-electron chi connectivity index (χ2n) is 5.46. The van der Waals surface area contributed by atoms with E-state index in [4.69, 9.17) is 5.73 Å². The number of imide groups is 1. The van der Waals surface area contributed by atoms with Crippen LogP contribution in [0.25, 0.3) is 0 Å². The van der Waals surface area contributed by atoms with E-state index in [0.717, 1.165) is 17.0 Å². The largest absolute Gasteiger partial charge is 0.573 e. The Labute approximate surface area is 150 Å². The summed E-state index contributed by atoms with van der Waals surface area (Å²) in [6.07, 6.45) is -4.82. The fraction of sp³-hybridized carbons (Fsp3) is 0.176. The summed E-state index contributed by atoms with van der Waals surface area (Å²) >= 11 is 1.19. The van der Waals surface area contributed by atoms with E-state index in [0.29, 0.717) is 10.6 Å². The summed E-state index contributed by atoms with van der Waals surface area (Å²) < 4.78 is 40.4. The third-order valence-electron chi connectivity index (χ3n) is 3.62. The third-order valence-corrected chi connectivity index (χ3v) is 4.90. The van der Waals surface area contributed by atoms with Crippen LogP contribution >= 0.6 is 11.8 Å². The number of ether oxygens (including phenoxy) is 1. The van der Waals surface area contributed by atoms with Gasteiger partial charge in [0.15, 0.2) is 0 Å². The Balaban J connectivity index is 1.76. The van der Waals surface area contributed by atoms with Crippen LogP contribution in [0.15, 0.2) is 53.4 Å². The van der Waals surface area contributed by atoms with Gasteiger partial charge in [-0.2, -0.15) is 0 Å². The summed E-state index contributed by atoms with van der Waals surface area (Å²) in [4.78, 5) is 26.5. The molecule has 1 atom stereocenters. The Kier molecular flexibility index (Phi) is 4.82. The molecule has 1 saturated heterocycles. The predicted octanol–water partition coefficient (Wildman–Crippen LogP) is 3.59. The predicted molar refractivity (Wildman–Crippen MR) is 90.7 cm³/mol. The standard InChI is InChI=1S/C17H13F3N2O3S/c18-17(19,20)25-11-7-5-10(6-8-11)22-15(23)9-14(16(22)24)26-13-4-2-1-3-12(13)21/h1-8,14H,9,21H2. The van der Waals surface area contributed by atoms with Gasteiger partial charge in [-0.3, -0.25) is 9.59 Å². The molecule has 2 N–H and O–H groups in total. The zero-order valence-electron chi connectivity index (χ0n) is 13.2. The number of anilines is 2. The Bertz CT molecular complexity index is 840. The number of nitrogen functional groups attached to an aromatic ring is 1. The fourth-order valence-corrected chi connectivity index (χ4v) is 3.61. The van der Waals surface area contributed by atoms with E-state index in [1.54, 1.807) is 24.3 Å². The lowest BCUT2D eigenvalue weighted by Gasteiger charge is -2.16. The first kappa shape index (κ1) is 18.1. The first-order valence-corrected chi connectivity index (χ1v) is 8.36. The molecule has 0 aliphatic carbocycles. The average Bonchev–Trinajstić information content (AvgIpc) is 2.83. The highest BCUT2D eigenvalue weighted by molar-refractivity contribution is 8.00. The maximum Gasteiger partial charge on any atom is 0.573 e. The van der Waals surface area contributed by atoms with Gasteiger partial charge < -0.3 is 10.5 Å². The van der Waals surface area contributed by atoms with E-state index in [2.05, 4.69) is 4.74 Å². The zero-order chi connectivity index (χ0) is 18.9. The molecular weight excluding hydrogens is 369 g/mol. The topological polar surface area (TPSA) is 72.6 Å². The number of rotatable bonds is 4. The zero-order valence-corrected chi connectivity index (χ0v) is 14.0. The maximum absolute atomic E-state index is 12.6. The summed E-state index contributed by atoms with van der Waals surface area (Å²) in [7, 11) is 0. The summed E-state index contributed by atoms with van der Waals surface area (Å²) in [5, 5.41) is -0.640. The van der Waals surface area contributed by atoms with Crippen LogP contribution in [0.5, 0.6) is 5.75 Å². The van der Waals surface area contributed by atoms with Crippen LogP contribution in [0.1, 0.15) is 6.42 Å². The lowest BCUT2D eigenvalue weighted by atomic mass is 10.3. The number of benzene rings is 2. The highest BCUT2D eigenvalue weighted by Gasteiger charge is 2.40. The van der Waals surface area contributed by atoms with E-state index < -0.39 is 29.2 Å². The average molecular weight is 382 g/mol. The summed E-state index contributed by atoms with van der Waals surface area (Å²) in [5.41, 5.74) is 6.55. The molecule has 1 fully saturated rings.